The van der Waals surface area contributed by atoms with Crippen LogP contribution in [0.5, 0.6) is 0 Å². The van der Waals surface area contributed by atoms with Gasteiger partial charge in [-0.3, -0.25) is 0 Å². The molecule has 2 rings (SSSR count). The van der Waals surface area contributed by atoms with Crippen LogP contribution in [0, 0.1) is 0 Å². The SMILES string of the molecule is Clc1cc(-c2ccco2)c[nH]1. The minimum Gasteiger partial charge on any atom is -0.464 e. The molecule has 0 aliphatic carbocycles. The maximum Gasteiger partial charge on any atom is 0.135 e. The lowest BCUT2D eigenvalue weighted by Gasteiger charge is -1.85. The highest BCUT2D eigenvalue weighted by atomic mass is 35.5. The lowest BCUT2D eigenvalue weighted by atomic mass is 10.3. The molecule has 0 atom stereocenters. The Bertz CT molecular complexity index is 337. The highest BCUT2D eigenvalue weighted by Gasteiger charge is 2.01. The normalized spacial score (nSPS) is 10.3. The topological polar surface area (TPSA) is 28.9 Å². The summed E-state index contributed by atoms with van der Waals surface area (Å²) in [4.78, 5) is 2.86. The Kier molecular flexibility index (Phi) is 1.47. The van der Waals surface area contributed by atoms with E-state index in [4.69, 9.17) is 16.0 Å². The van der Waals surface area contributed by atoms with Crippen LogP contribution in [-0.2, 0) is 0 Å². The molecule has 0 bridgehead atoms. The van der Waals surface area contributed by atoms with Crippen molar-refractivity contribution in [3.05, 3.63) is 35.8 Å². The highest BCUT2D eigenvalue weighted by molar-refractivity contribution is 6.29. The number of halogens is 1. The molecule has 2 aromatic heterocycles. The second-order valence-electron chi connectivity index (χ2n) is 2.21. The van der Waals surface area contributed by atoms with Crippen LogP contribution in [0.1, 0.15) is 0 Å². The van der Waals surface area contributed by atoms with E-state index in [9.17, 15) is 0 Å². The second-order valence-corrected chi connectivity index (χ2v) is 2.62. The minimum absolute atomic E-state index is 0.622. The number of hydrogen-bond acceptors (Lipinski definition) is 1. The predicted octanol–water partition coefficient (Wildman–Crippen LogP) is 2.93. The monoisotopic (exact) mass is 167 g/mol. The first-order chi connectivity index (χ1) is 5.36. The van der Waals surface area contributed by atoms with E-state index in [1.165, 1.54) is 0 Å². The van der Waals surface area contributed by atoms with Crippen LogP contribution in [0.4, 0.5) is 0 Å². The van der Waals surface area contributed by atoms with E-state index in [-0.39, 0.29) is 0 Å². The Hall–Kier alpha value is -1.15. The van der Waals surface area contributed by atoms with Gasteiger partial charge >= 0.3 is 0 Å². The zero-order valence-corrected chi connectivity index (χ0v) is 6.43. The van der Waals surface area contributed by atoms with Crippen molar-refractivity contribution in [3.63, 3.8) is 0 Å². The van der Waals surface area contributed by atoms with Crippen molar-refractivity contribution in [2.24, 2.45) is 0 Å². The third kappa shape index (κ3) is 1.17. The summed E-state index contributed by atoms with van der Waals surface area (Å²) in [5, 5.41) is 0.622. The van der Waals surface area contributed by atoms with E-state index >= 15 is 0 Å². The molecule has 0 unspecified atom stereocenters. The van der Waals surface area contributed by atoms with Crippen LogP contribution in [-0.4, -0.2) is 4.98 Å². The van der Waals surface area contributed by atoms with Crippen molar-refractivity contribution in [3.8, 4) is 11.3 Å². The van der Waals surface area contributed by atoms with Gasteiger partial charge in [-0.05, 0) is 18.2 Å². The second kappa shape index (κ2) is 2.47. The zero-order valence-electron chi connectivity index (χ0n) is 5.67. The molecule has 0 aliphatic rings. The molecule has 0 amide bonds. The van der Waals surface area contributed by atoms with Crippen molar-refractivity contribution in [2.75, 3.05) is 0 Å². The average molecular weight is 168 g/mol. The Morgan fingerprint density at radius 2 is 2.36 bits per heavy atom. The quantitative estimate of drug-likeness (QED) is 0.695. The molecule has 11 heavy (non-hydrogen) atoms. The van der Waals surface area contributed by atoms with Crippen molar-refractivity contribution < 1.29 is 4.42 Å². The summed E-state index contributed by atoms with van der Waals surface area (Å²) in [6.07, 6.45) is 3.44. The molecule has 2 aromatic rings. The van der Waals surface area contributed by atoms with Crippen LogP contribution in [0.25, 0.3) is 11.3 Å². The summed E-state index contributed by atoms with van der Waals surface area (Å²) in [5.41, 5.74) is 0.972. The van der Waals surface area contributed by atoms with Gasteiger partial charge in [0, 0.05) is 11.8 Å². The molecular formula is C8H6ClNO. The molecule has 56 valence electrons. The van der Waals surface area contributed by atoms with Crippen molar-refractivity contribution in [1.82, 2.24) is 4.98 Å². The molecule has 0 saturated heterocycles. The summed E-state index contributed by atoms with van der Waals surface area (Å²) in [5.74, 6) is 0.827. The van der Waals surface area contributed by atoms with Gasteiger partial charge in [0.2, 0.25) is 0 Å². The van der Waals surface area contributed by atoms with Crippen LogP contribution in [0.15, 0.2) is 35.1 Å². The van der Waals surface area contributed by atoms with Crippen LogP contribution < -0.4 is 0 Å². The Morgan fingerprint density at radius 1 is 1.45 bits per heavy atom. The molecule has 2 heterocycles. The number of furan rings is 1. The molecule has 1 N–H and O–H groups in total. The maximum atomic E-state index is 5.68. The Balaban J connectivity index is 2.45. The number of aromatic amines is 1. The fourth-order valence-corrected chi connectivity index (χ4v) is 1.12. The van der Waals surface area contributed by atoms with E-state index in [2.05, 4.69) is 4.98 Å². The molecular weight excluding hydrogens is 162 g/mol. The van der Waals surface area contributed by atoms with Crippen LogP contribution >= 0.6 is 11.6 Å². The van der Waals surface area contributed by atoms with E-state index in [1.807, 2.05) is 18.2 Å². The van der Waals surface area contributed by atoms with E-state index in [0.29, 0.717) is 5.15 Å². The maximum absolute atomic E-state index is 5.68. The molecule has 0 spiro atoms. The standard InChI is InChI=1S/C8H6ClNO/c9-8-4-6(5-10-8)7-2-1-3-11-7/h1-5,10H. The molecule has 2 nitrogen and oxygen atoms in total. The van der Waals surface area contributed by atoms with Crippen molar-refractivity contribution in [2.45, 2.75) is 0 Å². The summed E-state index contributed by atoms with van der Waals surface area (Å²) >= 11 is 5.68. The number of nitrogens with one attached hydrogen (secondary N) is 1. The van der Waals surface area contributed by atoms with E-state index in [1.54, 1.807) is 12.5 Å². The number of hydrogen-bond donors (Lipinski definition) is 1. The first kappa shape index (κ1) is 6.55. The minimum atomic E-state index is 0.622. The average Bonchev–Trinajstić information content (AvgIpc) is 2.55. The van der Waals surface area contributed by atoms with Gasteiger partial charge in [-0.1, -0.05) is 11.6 Å². The van der Waals surface area contributed by atoms with Crippen molar-refractivity contribution >= 4 is 11.6 Å². The van der Waals surface area contributed by atoms with Crippen LogP contribution in [0.3, 0.4) is 0 Å². The van der Waals surface area contributed by atoms with E-state index in [0.717, 1.165) is 11.3 Å². The molecule has 0 fully saturated rings. The first-order valence-corrected chi connectivity index (χ1v) is 3.62. The van der Waals surface area contributed by atoms with Gasteiger partial charge in [0.15, 0.2) is 0 Å². The molecule has 3 heteroatoms. The lowest BCUT2D eigenvalue weighted by Crippen LogP contribution is -1.62. The third-order valence-corrected chi connectivity index (χ3v) is 1.67. The van der Waals surface area contributed by atoms with Gasteiger partial charge in [0.25, 0.3) is 0 Å². The van der Waals surface area contributed by atoms with E-state index < -0.39 is 0 Å². The van der Waals surface area contributed by atoms with Gasteiger partial charge in [-0.2, -0.15) is 0 Å². The fourth-order valence-electron chi connectivity index (χ4n) is 0.952. The number of rotatable bonds is 1. The summed E-state index contributed by atoms with van der Waals surface area (Å²) in [6, 6.07) is 5.55. The molecule has 0 radical (unpaired) electrons. The summed E-state index contributed by atoms with van der Waals surface area (Å²) in [7, 11) is 0. The number of aromatic nitrogens is 1. The van der Waals surface area contributed by atoms with Crippen LogP contribution in [0.2, 0.25) is 5.15 Å². The predicted molar refractivity (Wildman–Crippen MR) is 43.5 cm³/mol. The molecule has 0 aromatic carbocycles. The Morgan fingerprint density at radius 3 is 2.91 bits per heavy atom. The molecule has 0 aliphatic heterocycles. The Labute approximate surface area is 68.8 Å². The fraction of sp³-hybridized carbons (Fsp3) is 0. The smallest absolute Gasteiger partial charge is 0.135 e. The van der Waals surface area contributed by atoms with Crippen molar-refractivity contribution in [1.29, 1.82) is 0 Å². The third-order valence-electron chi connectivity index (χ3n) is 1.45. The molecule has 0 saturated carbocycles. The van der Waals surface area contributed by atoms with Gasteiger partial charge in [-0.15, -0.1) is 0 Å². The first-order valence-electron chi connectivity index (χ1n) is 3.24. The van der Waals surface area contributed by atoms with Gasteiger partial charge in [0.05, 0.1) is 6.26 Å². The van der Waals surface area contributed by atoms with Gasteiger partial charge in [-0.25, -0.2) is 0 Å². The summed E-state index contributed by atoms with van der Waals surface area (Å²) in [6.45, 7) is 0. The van der Waals surface area contributed by atoms with Gasteiger partial charge < -0.3 is 9.40 Å². The highest BCUT2D eigenvalue weighted by Crippen LogP contribution is 2.22. The zero-order chi connectivity index (χ0) is 7.68. The van der Waals surface area contributed by atoms with Gasteiger partial charge in [0.1, 0.15) is 10.9 Å². The summed E-state index contributed by atoms with van der Waals surface area (Å²) < 4.78 is 5.15. The lowest BCUT2D eigenvalue weighted by molar-refractivity contribution is 0.582. The largest absolute Gasteiger partial charge is 0.464 e. The number of H-pyrrole nitrogens is 1.